The predicted octanol–water partition coefficient (Wildman–Crippen LogP) is -1.13. The maximum Gasteiger partial charge on any atom is 0.251 e. The van der Waals surface area contributed by atoms with Gasteiger partial charge in [0.25, 0.3) is 5.91 Å². The first-order chi connectivity index (χ1) is 6.61. The Morgan fingerprint density at radius 3 is 2.50 bits per heavy atom. The molecule has 1 fully saturated rings. The minimum atomic E-state index is -0.0421. The molecule has 0 aromatic heterocycles. The molecule has 0 saturated carbocycles. The van der Waals surface area contributed by atoms with E-state index in [0.29, 0.717) is 0 Å². The quantitative estimate of drug-likeness (QED) is 0.566. The second kappa shape index (κ2) is 5.29. The number of piperazine rings is 1. The molecule has 1 unspecified atom stereocenters. The molecule has 14 heavy (non-hydrogen) atoms. The molecule has 1 rings (SSSR count). The van der Waals surface area contributed by atoms with Crippen LogP contribution in [0.2, 0.25) is 0 Å². The van der Waals surface area contributed by atoms with Crippen molar-refractivity contribution in [1.82, 2.24) is 20.7 Å². The van der Waals surface area contributed by atoms with E-state index in [1.54, 1.807) is 5.01 Å². The van der Waals surface area contributed by atoms with E-state index in [2.05, 4.69) is 15.6 Å². The fourth-order valence-electron chi connectivity index (χ4n) is 1.55. The number of amides is 1. The molecule has 1 atom stereocenters. The van der Waals surface area contributed by atoms with Gasteiger partial charge in [0.05, 0.1) is 6.04 Å². The Balaban J connectivity index is 2.38. The molecule has 0 aromatic rings. The number of carbonyl (C=O) groups is 1. The van der Waals surface area contributed by atoms with Crippen molar-refractivity contribution < 1.29 is 4.79 Å². The van der Waals surface area contributed by atoms with Gasteiger partial charge < -0.3 is 5.32 Å². The highest BCUT2D eigenvalue weighted by molar-refractivity contribution is 5.80. The summed E-state index contributed by atoms with van der Waals surface area (Å²) in [6.07, 6.45) is 0. The highest BCUT2D eigenvalue weighted by Crippen LogP contribution is 2.00. The first kappa shape index (κ1) is 11.4. The average molecular weight is 200 g/mol. The third-order valence-electron chi connectivity index (χ3n) is 2.41. The van der Waals surface area contributed by atoms with Gasteiger partial charge in [0.2, 0.25) is 0 Å². The minimum Gasteiger partial charge on any atom is -0.314 e. The van der Waals surface area contributed by atoms with Crippen LogP contribution < -0.4 is 10.7 Å². The van der Waals surface area contributed by atoms with Gasteiger partial charge in [0.1, 0.15) is 0 Å². The van der Waals surface area contributed by atoms with Crippen LogP contribution in [0.1, 0.15) is 6.92 Å². The van der Waals surface area contributed by atoms with Gasteiger partial charge in [-0.3, -0.25) is 15.1 Å². The van der Waals surface area contributed by atoms with Crippen molar-refractivity contribution in [3.63, 3.8) is 0 Å². The highest BCUT2D eigenvalue weighted by atomic mass is 16.2. The van der Waals surface area contributed by atoms with E-state index in [4.69, 9.17) is 0 Å². The summed E-state index contributed by atoms with van der Waals surface area (Å²) < 4.78 is 0. The Kier molecular flexibility index (Phi) is 4.31. The van der Waals surface area contributed by atoms with Gasteiger partial charge >= 0.3 is 0 Å². The predicted molar refractivity (Wildman–Crippen MR) is 55.7 cm³/mol. The second-order valence-electron chi connectivity index (χ2n) is 3.83. The fourth-order valence-corrected chi connectivity index (χ4v) is 1.55. The first-order valence-electron chi connectivity index (χ1n) is 5.04. The molecule has 1 amide bonds. The summed E-state index contributed by atoms with van der Waals surface area (Å²) in [5, 5.41) is 4.95. The molecule has 0 aliphatic carbocycles. The number of hydrogen-bond donors (Lipinski definition) is 2. The van der Waals surface area contributed by atoms with E-state index in [0.717, 1.165) is 26.2 Å². The number of carbonyl (C=O) groups excluding carboxylic acids is 1. The molecule has 0 radical (unpaired) electrons. The zero-order valence-corrected chi connectivity index (χ0v) is 9.21. The van der Waals surface area contributed by atoms with Gasteiger partial charge in [0, 0.05) is 40.3 Å². The SMILES string of the molecule is CC(C(=O)NN(C)C)N1CCNCC1. The van der Waals surface area contributed by atoms with Gasteiger partial charge in [-0.2, -0.15) is 0 Å². The molecule has 2 N–H and O–H groups in total. The van der Waals surface area contributed by atoms with Crippen LogP contribution in [0.5, 0.6) is 0 Å². The lowest BCUT2D eigenvalue weighted by Crippen LogP contribution is -2.54. The van der Waals surface area contributed by atoms with E-state index in [-0.39, 0.29) is 11.9 Å². The normalized spacial score (nSPS) is 20.9. The van der Waals surface area contributed by atoms with Gasteiger partial charge in [-0.05, 0) is 6.92 Å². The van der Waals surface area contributed by atoms with E-state index in [1.165, 1.54) is 0 Å². The van der Waals surface area contributed by atoms with Crippen LogP contribution >= 0.6 is 0 Å². The molecule has 5 nitrogen and oxygen atoms in total. The number of nitrogens with zero attached hydrogens (tertiary/aromatic N) is 2. The molecule has 0 bridgehead atoms. The number of rotatable bonds is 3. The number of hydrogen-bond acceptors (Lipinski definition) is 4. The van der Waals surface area contributed by atoms with Crippen LogP contribution in [0, 0.1) is 0 Å². The van der Waals surface area contributed by atoms with Crippen LogP contribution in [0.3, 0.4) is 0 Å². The molecule has 0 spiro atoms. The minimum absolute atomic E-state index is 0.0421. The zero-order valence-electron chi connectivity index (χ0n) is 9.21. The van der Waals surface area contributed by atoms with Crippen LogP contribution in [-0.2, 0) is 4.79 Å². The van der Waals surface area contributed by atoms with Crippen molar-refractivity contribution >= 4 is 5.91 Å². The molecule has 82 valence electrons. The number of hydrazine groups is 1. The van der Waals surface area contributed by atoms with E-state index >= 15 is 0 Å². The summed E-state index contributed by atoms with van der Waals surface area (Å²) in [5.41, 5.74) is 2.77. The van der Waals surface area contributed by atoms with Crippen molar-refractivity contribution in [2.45, 2.75) is 13.0 Å². The third-order valence-corrected chi connectivity index (χ3v) is 2.41. The standard InChI is InChI=1S/C9H20N4O/c1-8(9(14)11-12(2)3)13-6-4-10-5-7-13/h8,10H,4-7H2,1-3H3,(H,11,14). The van der Waals surface area contributed by atoms with Crippen LogP contribution in [0.25, 0.3) is 0 Å². The molecular weight excluding hydrogens is 180 g/mol. The molecule has 1 saturated heterocycles. The van der Waals surface area contributed by atoms with Crippen LogP contribution in [0.4, 0.5) is 0 Å². The van der Waals surface area contributed by atoms with Gasteiger partial charge in [-0.15, -0.1) is 0 Å². The molecule has 0 aromatic carbocycles. The Morgan fingerprint density at radius 1 is 1.43 bits per heavy atom. The smallest absolute Gasteiger partial charge is 0.251 e. The molecule has 5 heteroatoms. The Bertz CT molecular complexity index is 189. The summed E-state index contributed by atoms with van der Waals surface area (Å²) in [4.78, 5) is 13.8. The lowest BCUT2D eigenvalue weighted by atomic mass is 10.2. The maximum atomic E-state index is 11.6. The summed E-state index contributed by atoms with van der Waals surface area (Å²) in [6, 6.07) is -0.0421. The highest BCUT2D eigenvalue weighted by Gasteiger charge is 2.22. The molecular formula is C9H20N4O. The van der Waals surface area contributed by atoms with Gasteiger partial charge in [-0.1, -0.05) is 0 Å². The van der Waals surface area contributed by atoms with E-state index < -0.39 is 0 Å². The zero-order chi connectivity index (χ0) is 10.6. The average Bonchev–Trinajstić information content (AvgIpc) is 2.17. The van der Waals surface area contributed by atoms with Crippen molar-refractivity contribution in [3.05, 3.63) is 0 Å². The van der Waals surface area contributed by atoms with Crippen molar-refractivity contribution in [2.75, 3.05) is 40.3 Å². The first-order valence-corrected chi connectivity index (χ1v) is 5.04. The monoisotopic (exact) mass is 200 g/mol. The van der Waals surface area contributed by atoms with Crippen molar-refractivity contribution in [1.29, 1.82) is 0 Å². The molecule has 1 aliphatic rings. The largest absolute Gasteiger partial charge is 0.314 e. The van der Waals surface area contributed by atoms with Crippen molar-refractivity contribution in [3.8, 4) is 0 Å². The maximum absolute atomic E-state index is 11.6. The van der Waals surface area contributed by atoms with E-state index in [1.807, 2.05) is 21.0 Å². The lowest BCUT2D eigenvalue weighted by Gasteiger charge is -2.32. The Labute approximate surface area is 85.4 Å². The van der Waals surface area contributed by atoms with E-state index in [9.17, 15) is 4.79 Å². The van der Waals surface area contributed by atoms with Gasteiger partial charge in [0.15, 0.2) is 0 Å². The Hall–Kier alpha value is -0.650. The fraction of sp³-hybridized carbons (Fsp3) is 0.889. The van der Waals surface area contributed by atoms with Crippen LogP contribution in [0.15, 0.2) is 0 Å². The third kappa shape index (κ3) is 3.25. The topological polar surface area (TPSA) is 47.6 Å². The lowest BCUT2D eigenvalue weighted by molar-refractivity contribution is -0.129. The molecule has 1 heterocycles. The number of nitrogens with one attached hydrogen (secondary N) is 2. The summed E-state index contributed by atoms with van der Waals surface area (Å²) >= 11 is 0. The Morgan fingerprint density at radius 2 is 2.00 bits per heavy atom. The summed E-state index contributed by atoms with van der Waals surface area (Å²) in [6.45, 7) is 5.79. The van der Waals surface area contributed by atoms with Crippen LogP contribution in [-0.4, -0.2) is 62.1 Å². The summed E-state index contributed by atoms with van der Waals surface area (Å²) in [7, 11) is 3.64. The van der Waals surface area contributed by atoms with Crippen molar-refractivity contribution in [2.24, 2.45) is 0 Å². The second-order valence-corrected chi connectivity index (χ2v) is 3.83. The van der Waals surface area contributed by atoms with Gasteiger partial charge in [-0.25, -0.2) is 5.01 Å². The molecule has 1 aliphatic heterocycles. The summed E-state index contributed by atoms with van der Waals surface area (Å²) in [5.74, 6) is 0.0666.